The lowest BCUT2D eigenvalue weighted by atomic mass is 9.94. The van der Waals surface area contributed by atoms with Crippen LogP contribution < -0.4 is 5.32 Å². The largest absolute Gasteiger partial charge is 0.359 e. The Morgan fingerprint density at radius 2 is 2.00 bits per heavy atom. The van der Waals surface area contributed by atoms with Gasteiger partial charge in [0, 0.05) is 18.0 Å². The maximum Gasteiger partial charge on any atom is 0.118 e. The molecule has 0 spiro atoms. The van der Waals surface area contributed by atoms with Crippen LogP contribution >= 0.6 is 12.4 Å². The summed E-state index contributed by atoms with van der Waals surface area (Å²) in [7, 11) is 2.24. The van der Waals surface area contributed by atoms with Gasteiger partial charge in [-0.1, -0.05) is 6.42 Å². The second-order valence-corrected chi connectivity index (χ2v) is 6.36. The fraction of sp³-hybridized carbons (Fsp3) is 1.00. The van der Waals surface area contributed by atoms with Crippen LogP contribution in [0.2, 0.25) is 0 Å². The van der Waals surface area contributed by atoms with E-state index >= 15 is 0 Å². The molecule has 0 amide bonds. The minimum atomic E-state index is -0.125. The van der Waals surface area contributed by atoms with E-state index in [-0.39, 0.29) is 23.7 Å². The zero-order chi connectivity index (χ0) is 11.8. The first-order valence-corrected chi connectivity index (χ1v) is 6.54. The molecule has 2 unspecified atom stereocenters. The number of ether oxygens (including phenoxy) is 1. The number of hydrogen-bond donors (Lipinski definition) is 1. The Hall–Kier alpha value is 0.170. The fourth-order valence-electron chi connectivity index (χ4n) is 3.09. The minimum Gasteiger partial charge on any atom is -0.359 e. The second-order valence-electron chi connectivity index (χ2n) is 6.36. The Kier molecular flexibility index (Phi) is 4.87. The van der Waals surface area contributed by atoms with Gasteiger partial charge < -0.3 is 9.64 Å². The molecule has 2 saturated heterocycles. The molecule has 0 aromatic rings. The van der Waals surface area contributed by atoms with Crippen molar-refractivity contribution in [2.45, 2.75) is 63.8 Å². The maximum absolute atomic E-state index is 5.97. The standard InChI is InChI=1S/C13H26N2O.ClH/c1-12(2)10-16-13(3,14-12)9-11-7-5-6-8-15(11)4;/h11,14H,5-10H2,1-4H3;1H. The van der Waals surface area contributed by atoms with Gasteiger partial charge in [-0.15, -0.1) is 12.4 Å². The topological polar surface area (TPSA) is 24.5 Å². The van der Waals surface area contributed by atoms with Gasteiger partial charge in [0.1, 0.15) is 5.72 Å². The van der Waals surface area contributed by atoms with Crippen molar-refractivity contribution in [1.82, 2.24) is 10.2 Å². The first-order valence-electron chi connectivity index (χ1n) is 6.54. The molecule has 3 nitrogen and oxygen atoms in total. The summed E-state index contributed by atoms with van der Waals surface area (Å²) < 4.78 is 5.97. The molecule has 2 aliphatic rings. The van der Waals surface area contributed by atoms with Gasteiger partial charge in [-0.25, -0.2) is 0 Å². The van der Waals surface area contributed by atoms with Gasteiger partial charge in [0.05, 0.1) is 6.61 Å². The third kappa shape index (κ3) is 3.82. The molecule has 0 aromatic carbocycles. The highest BCUT2D eigenvalue weighted by Gasteiger charge is 2.42. The van der Waals surface area contributed by atoms with Gasteiger partial charge in [-0.3, -0.25) is 5.32 Å². The van der Waals surface area contributed by atoms with Gasteiger partial charge in [0.15, 0.2) is 0 Å². The summed E-state index contributed by atoms with van der Waals surface area (Å²) in [5.74, 6) is 0. The van der Waals surface area contributed by atoms with E-state index in [0.29, 0.717) is 6.04 Å². The first-order chi connectivity index (χ1) is 7.40. The monoisotopic (exact) mass is 262 g/mol. The molecular formula is C13H27ClN2O. The molecule has 2 fully saturated rings. The normalized spacial score (nSPS) is 37.8. The zero-order valence-electron chi connectivity index (χ0n) is 11.6. The van der Waals surface area contributed by atoms with E-state index in [4.69, 9.17) is 4.74 Å². The van der Waals surface area contributed by atoms with Crippen molar-refractivity contribution < 1.29 is 4.74 Å². The molecule has 2 atom stereocenters. The predicted molar refractivity (Wildman–Crippen MR) is 73.7 cm³/mol. The number of nitrogens with one attached hydrogen (secondary N) is 1. The van der Waals surface area contributed by atoms with E-state index in [0.717, 1.165) is 13.0 Å². The summed E-state index contributed by atoms with van der Waals surface area (Å²) in [5, 5.41) is 3.63. The number of piperidine rings is 1. The molecule has 2 heterocycles. The molecule has 0 aliphatic carbocycles. The maximum atomic E-state index is 5.97. The van der Waals surface area contributed by atoms with Crippen LogP contribution in [0.1, 0.15) is 46.5 Å². The average molecular weight is 263 g/mol. The molecule has 0 bridgehead atoms. The predicted octanol–water partition coefficient (Wildman–Crippen LogP) is 2.40. The molecule has 4 heteroatoms. The zero-order valence-corrected chi connectivity index (χ0v) is 12.4. The van der Waals surface area contributed by atoms with E-state index in [1.807, 2.05) is 0 Å². The molecule has 17 heavy (non-hydrogen) atoms. The molecule has 2 rings (SSSR count). The molecule has 0 radical (unpaired) electrons. The van der Waals surface area contributed by atoms with Crippen LogP contribution in [0.15, 0.2) is 0 Å². The van der Waals surface area contributed by atoms with Gasteiger partial charge in [0.25, 0.3) is 0 Å². The lowest BCUT2D eigenvalue weighted by molar-refractivity contribution is -0.0251. The summed E-state index contributed by atoms with van der Waals surface area (Å²) in [4.78, 5) is 2.49. The minimum absolute atomic E-state index is 0. The van der Waals surface area contributed by atoms with E-state index < -0.39 is 0 Å². The van der Waals surface area contributed by atoms with E-state index in [1.54, 1.807) is 0 Å². The Bertz CT molecular complexity index is 260. The Morgan fingerprint density at radius 3 is 2.53 bits per heavy atom. The molecular weight excluding hydrogens is 236 g/mol. The number of likely N-dealkylation sites (tertiary alicyclic amines) is 1. The van der Waals surface area contributed by atoms with Crippen molar-refractivity contribution in [3.05, 3.63) is 0 Å². The summed E-state index contributed by atoms with van der Waals surface area (Å²) in [6, 6.07) is 0.681. The van der Waals surface area contributed by atoms with Crippen molar-refractivity contribution in [2.24, 2.45) is 0 Å². The van der Waals surface area contributed by atoms with E-state index in [1.165, 1.54) is 25.8 Å². The third-order valence-electron chi connectivity index (χ3n) is 3.90. The molecule has 102 valence electrons. The SMILES string of the molecule is CN1CCCCC1CC1(C)NC(C)(C)CO1.Cl. The third-order valence-corrected chi connectivity index (χ3v) is 3.90. The van der Waals surface area contributed by atoms with Crippen molar-refractivity contribution in [3.63, 3.8) is 0 Å². The summed E-state index contributed by atoms with van der Waals surface area (Å²) >= 11 is 0. The van der Waals surface area contributed by atoms with Gasteiger partial charge in [0.2, 0.25) is 0 Å². The highest BCUT2D eigenvalue weighted by Crippen LogP contribution is 2.30. The lowest BCUT2D eigenvalue weighted by Crippen LogP contribution is -2.51. The summed E-state index contributed by atoms with van der Waals surface area (Å²) in [5.41, 5.74) is 0.00174. The summed E-state index contributed by atoms with van der Waals surface area (Å²) in [6.07, 6.45) is 5.14. The van der Waals surface area contributed by atoms with Crippen LogP contribution in [0.4, 0.5) is 0 Å². The number of halogens is 1. The first kappa shape index (κ1) is 15.2. The van der Waals surface area contributed by atoms with Crippen LogP contribution in [-0.4, -0.2) is 42.4 Å². The van der Waals surface area contributed by atoms with Crippen molar-refractivity contribution in [3.8, 4) is 0 Å². The molecule has 2 aliphatic heterocycles. The van der Waals surface area contributed by atoms with Crippen LogP contribution in [0.5, 0.6) is 0 Å². The van der Waals surface area contributed by atoms with Crippen LogP contribution in [0.3, 0.4) is 0 Å². The average Bonchev–Trinajstić information content (AvgIpc) is 2.45. The molecule has 1 N–H and O–H groups in total. The second kappa shape index (κ2) is 5.43. The number of hydrogen-bond acceptors (Lipinski definition) is 3. The highest BCUT2D eigenvalue weighted by atomic mass is 35.5. The lowest BCUT2D eigenvalue weighted by Gasteiger charge is -2.38. The summed E-state index contributed by atoms with van der Waals surface area (Å²) in [6.45, 7) is 8.68. The van der Waals surface area contributed by atoms with E-state index in [2.05, 4.69) is 38.0 Å². The van der Waals surface area contributed by atoms with Gasteiger partial charge >= 0.3 is 0 Å². The number of nitrogens with zero attached hydrogens (tertiary/aromatic N) is 1. The quantitative estimate of drug-likeness (QED) is 0.827. The van der Waals surface area contributed by atoms with Crippen molar-refractivity contribution in [1.29, 1.82) is 0 Å². The Balaban J connectivity index is 0.00000144. The van der Waals surface area contributed by atoms with Crippen LogP contribution in [0, 0.1) is 0 Å². The smallest absolute Gasteiger partial charge is 0.118 e. The van der Waals surface area contributed by atoms with Crippen LogP contribution in [-0.2, 0) is 4.74 Å². The molecule has 0 saturated carbocycles. The number of rotatable bonds is 2. The van der Waals surface area contributed by atoms with E-state index in [9.17, 15) is 0 Å². The van der Waals surface area contributed by atoms with Crippen molar-refractivity contribution in [2.75, 3.05) is 20.2 Å². The molecule has 0 aromatic heterocycles. The van der Waals surface area contributed by atoms with Crippen molar-refractivity contribution >= 4 is 12.4 Å². The van der Waals surface area contributed by atoms with Gasteiger partial charge in [-0.05, 0) is 47.2 Å². The Labute approximate surface area is 112 Å². The fourth-order valence-corrected chi connectivity index (χ4v) is 3.09. The highest BCUT2D eigenvalue weighted by molar-refractivity contribution is 5.85. The van der Waals surface area contributed by atoms with Gasteiger partial charge in [-0.2, -0.15) is 0 Å². The Morgan fingerprint density at radius 1 is 1.29 bits per heavy atom. The van der Waals surface area contributed by atoms with Crippen LogP contribution in [0.25, 0.3) is 0 Å².